The first-order valence-electron chi connectivity index (χ1n) is 9.22. The van der Waals surface area contributed by atoms with E-state index in [9.17, 15) is 0 Å². The molecule has 1 N–H and O–H groups in total. The van der Waals surface area contributed by atoms with Crippen LogP contribution in [0.4, 0.5) is 0 Å². The van der Waals surface area contributed by atoms with Crippen LogP contribution >= 0.6 is 0 Å². The molecule has 0 unspecified atom stereocenters. The fourth-order valence-electron chi connectivity index (χ4n) is 3.41. The minimum absolute atomic E-state index is 0.580. The van der Waals surface area contributed by atoms with Crippen LogP contribution in [0.1, 0.15) is 5.56 Å². The van der Waals surface area contributed by atoms with Crippen LogP contribution < -0.4 is 0 Å². The van der Waals surface area contributed by atoms with E-state index in [1.165, 1.54) is 0 Å². The number of imidazole rings is 1. The van der Waals surface area contributed by atoms with Crippen LogP contribution in [0.5, 0.6) is 0 Å². The summed E-state index contributed by atoms with van der Waals surface area (Å²) in [7, 11) is 0. The lowest BCUT2D eigenvalue weighted by molar-refractivity contribution is 0.805. The molecular weight excluding hydrogens is 362 g/mol. The number of hydrogen-bond acceptors (Lipinski definition) is 5. The van der Waals surface area contributed by atoms with E-state index in [4.69, 9.17) is 4.98 Å². The summed E-state index contributed by atoms with van der Waals surface area (Å²) in [5.74, 6) is 0.580. The van der Waals surface area contributed by atoms with Crippen LogP contribution in [0, 0.1) is 0 Å². The van der Waals surface area contributed by atoms with E-state index >= 15 is 0 Å². The number of rotatable bonds is 5. The maximum atomic E-state index is 4.73. The summed E-state index contributed by atoms with van der Waals surface area (Å²) in [4.78, 5) is 8.89. The largest absolute Gasteiger partial charge is 0.326 e. The Labute approximate surface area is 167 Å². The fraction of sp³-hybridized carbons (Fsp3) is 0.0455. The summed E-state index contributed by atoms with van der Waals surface area (Å²) in [5.41, 5.74) is 6.21. The van der Waals surface area contributed by atoms with E-state index in [-0.39, 0.29) is 0 Å². The molecule has 0 amide bonds. The van der Waals surface area contributed by atoms with Gasteiger partial charge in [0, 0.05) is 35.6 Å². The Balaban J connectivity index is 1.58. The quantitative estimate of drug-likeness (QED) is 0.501. The van der Waals surface area contributed by atoms with E-state index in [2.05, 4.69) is 54.4 Å². The van der Waals surface area contributed by atoms with Gasteiger partial charge in [0.2, 0.25) is 5.82 Å². The second-order valence-electron chi connectivity index (χ2n) is 6.61. The first kappa shape index (κ1) is 17.0. The van der Waals surface area contributed by atoms with E-state index in [0.717, 1.165) is 33.6 Å². The van der Waals surface area contributed by atoms with Crippen LogP contribution in [0.15, 0.2) is 85.5 Å². The van der Waals surface area contributed by atoms with Gasteiger partial charge in [-0.1, -0.05) is 48.5 Å². The van der Waals surface area contributed by atoms with E-state index < -0.39 is 0 Å². The number of tetrazole rings is 1. The Bertz CT molecular complexity index is 1210. The number of pyridine rings is 1. The van der Waals surface area contributed by atoms with Gasteiger partial charge < -0.3 is 4.57 Å². The number of nitrogens with zero attached hydrogens (tertiary/aromatic N) is 6. The van der Waals surface area contributed by atoms with Crippen molar-refractivity contribution in [2.24, 2.45) is 0 Å². The smallest absolute Gasteiger partial charge is 0.204 e. The number of aromatic nitrogens is 7. The minimum atomic E-state index is 0.580. The Kier molecular flexibility index (Phi) is 4.38. The third-order valence-electron chi connectivity index (χ3n) is 4.72. The van der Waals surface area contributed by atoms with Crippen LogP contribution in [-0.4, -0.2) is 35.2 Å². The molecule has 0 spiro atoms. The first-order chi connectivity index (χ1) is 14.4. The van der Waals surface area contributed by atoms with Gasteiger partial charge in [0.05, 0.1) is 17.7 Å². The molecule has 3 aromatic heterocycles. The molecule has 7 nitrogen and oxygen atoms in total. The summed E-state index contributed by atoms with van der Waals surface area (Å²) in [6.45, 7) is 0.670. The molecule has 0 aliphatic heterocycles. The molecule has 0 saturated heterocycles. The van der Waals surface area contributed by atoms with Gasteiger partial charge >= 0.3 is 0 Å². The highest BCUT2D eigenvalue weighted by Gasteiger charge is 2.15. The maximum Gasteiger partial charge on any atom is 0.204 e. The zero-order chi connectivity index (χ0) is 19.5. The fourth-order valence-corrected chi connectivity index (χ4v) is 3.41. The molecule has 5 aromatic rings. The SMILES string of the molecule is c1ccc(-c2ncn(Cc3cccc(-c4nn[nH]n4)c3)c2-c2ccncc2)cc1. The Morgan fingerprint density at radius 1 is 0.828 bits per heavy atom. The minimum Gasteiger partial charge on any atom is -0.326 e. The number of H-pyrrole nitrogens is 1. The zero-order valence-electron chi connectivity index (χ0n) is 15.5. The molecule has 0 aliphatic rings. The molecule has 0 saturated carbocycles. The van der Waals surface area contributed by atoms with Gasteiger partial charge in [-0.2, -0.15) is 5.21 Å². The van der Waals surface area contributed by atoms with Gasteiger partial charge in [-0.15, -0.1) is 10.2 Å². The van der Waals surface area contributed by atoms with Crippen LogP contribution in [-0.2, 0) is 6.54 Å². The second kappa shape index (κ2) is 7.47. The van der Waals surface area contributed by atoms with Crippen molar-refractivity contribution in [2.75, 3.05) is 0 Å². The summed E-state index contributed by atoms with van der Waals surface area (Å²) in [6, 6.07) is 22.4. The highest BCUT2D eigenvalue weighted by atomic mass is 15.5. The molecule has 7 heteroatoms. The normalized spacial score (nSPS) is 10.9. The summed E-state index contributed by atoms with van der Waals surface area (Å²) < 4.78 is 2.16. The predicted molar refractivity (Wildman–Crippen MR) is 110 cm³/mol. The molecule has 5 rings (SSSR count). The van der Waals surface area contributed by atoms with Crippen molar-refractivity contribution in [1.29, 1.82) is 0 Å². The van der Waals surface area contributed by atoms with E-state index in [1.54, 1.807) is 12.4 Å². The number of hydrogen-bond donors (Lipinski definition) is 1. The molecule has 0 fully saturated rings. The Morgan fingerprint density at radius 3 is 2.45 bits per heavy atom. The van der Waals surface area contributed by atoms with Crippen molar-refractivity contribution >= 4 is 0 Å². The average molecular weight is 379 g/mol. The monoisotopic (exact) mass is 379 g/mol. The summed E-state index contributed by atoms with van der Waals surface area (Å²) in [6.07, 6.45) is 5.50. The topological polar surface area (TPSA) is 85.2 Å². The van der Waals surface area contributed by atoms with Crippen LogP contribution in [0.2, 0.25) is 0 Å². The van der Waals surface area contributed by atoms with Gasteiger partial charge in [-0.3, -0.25) is 4.98 Å². The zero-order valence-corrected chi connectivity index (χ0v) is 15.5. The van der Waals surface area contributed by atoms with Gasteiger partial charge in [0.1, 0.15) is 0 Å². The third-order valence-corrected chi connectivity index (χ3v) is 4.72. The highest BCUT2D eigenvalue weighted by molar-refractivity contribution is 5.78. The lowest BCUT2D eigenvalue weighted by Gasteiger charge is -2.11. The summed E-state index contributed by atoms with van der Waals surface area (Å²) in [5, 5.41) is 14.3. The molecule has 0 radical (unpaired) electrons. The second-order valence-corrected chi connectivity index (χ2v) is 6.61. The highest BCUT2D eigenvalue weighted by Crippen LogP contribution is 2.31. The van der Waals surface area contributed by atoms with Gasteiger partial charge in [-0.05, 0) is 29.0 Å². The predicted octanol–water partition coefficient (Wildman–Crippen LogP) is 3.84. The molecule has 140 valence electrons. The van der Waals surface area contributed by atoms with Crippen molar-refractivity contribution in [3.63, 3.8) is 0 Å². The Hall–Kier alpha value is -4.13. The van der Waals surface area contributed by atoms with Crippen molar-refractivity contribution < 1.29 is 0 Å². The van der Waals surface area contributed by atoms with Gasteiger partial charge in [0.25, 0.3) is 0 Å². The van der Waals surface area contributed by atoms with Crippen LogP contribution in [0.3, 0.4) is 0 Å². The van der Waals surface area contributed by atoms with Crippen molar-refractivity contribution in [1.82, 2.24) is 35.2 Å². The number of nitrogens with one attached hydrogen (secondary N) is 1. The lowest BCUT2D eigenvalue weighted by Crippen LogP contribution is -2.01. The molecule has 0 bridgehead atoms. The third kappa shape index (κ3) is 3.41. The van der Waals surface area contributed by atoms with Gasteiger partial charge in [-0.25, -0.2) is 4.98 Å². The van der Waals surface area contributed by atoms with E-state index in [0.29, 0.717) is 12.4 Å². The summed E-state index contributed by atoms with van der Waals surface area (Å²) >= 11 is 0. The molecule has 3 heterocycles. The molecule has 2 aromatic carbocycles. The molecule has 0 atom stereocenters. The van der Waals surface area contributed by atoms with Crippen molar-refractivity contribution in [2.45, 2.75) is 6.54 Å². The number of aromatic amines is 1. The van der Waals surface area contributed by atoms with Crippen LogP contribution in [0.25, 0.3) is 33.9 Å². The lowest BCUT2D eigenvalue weighted by atomic mass is 10.1. The average Bonchev–Trinajstić information content (AvgIpc) is 3.46. The maximum absolute atomic E-state index is 4.73. The molecule has 0 aliphatic carbocycles. The van der Waals surface area contributed by atoms with Crippen molar-refractivity contribution in [3.8, 4) is 33.9 Å². The Morgan fingerprint density at radius 2 is 1.66 bits per heavy atom. The molecule has 29 heavy (non-hydrogen) atoms. The first-order valence-corrected chi connectivity index (χ1v) is 9.22. The van der Waals surface area contributed by atoms with Crippen molar-refractivity contribution in [3.05, 3.63) is 91.0 Å². The number of benzene rings is 2. The van der Waals surface area contributed by atoms with E-state index in [1.807, 2.05) is 48.8 Å². The molecular formula is C22H17N7. The standard InChI is InChI=1S/C22H17N7/c1-2-6-17(7-3-1)20-21(18-9-11-23-12-10-18)29(15-24-20)14-16-5-4-8-19(13-16)22-25-27-28-26-22/h1-13,15H,14H2,(H,25,26,27,28). The van der Waals surface area contributed by atoms with Gasteiger partial charge in [0.15, 0.2) is 0 Å².